The zero-order chi connectivity index (χ0) is 21.6. The summed E-state index contributed by atoms with van der Waals surface area (Å²) in [6.07, 6.45) is -6.82. The summed E-state index contributed by atoms with van der Waals surface area (Å²) in [5.41, 5.74) is -0.00958. The first-order chi connectivity index (χ1) is 14.3. The molecule has 1 aliphatic rings. The molecule has 0 amide bonds. The molecular formula is C21H20O9. The average Bonchev–Trinajstić information content (AvgIpc) is 2.74. The number of benzene rings is 2. The summed E-state index contributed by atoms with van der Waals surface area (Å²) < 4.78 is 16.5. The third-order valence-electron chi connectivity index (χ3n) is 5.04. The fraction of sp³-hybridized carbons (Fsp3) is 0.286. The molecule has 30 heavy (non-hydrogen) atoms. The Bertz CT molecular complexity index is 1120. The SMILES string of the molecule is CC1O[C@@H](Oc2cc3oc(-c4ccccc4)cc(=O)c3c(O)c2O)C(O)[C@@H](O)[C@H]1O. The lowest BCUT2D eigenvalue weighted by molar-refractivity contribution is -0.268. The lowest BCUT2D eigenvalue weighted by Gasteiger charge is -2.38. The lowest BCUT2D eigenvalue weighted by Crippen LogP contribution is -2.58. The Morgan fingerprint density at radius 3 is 2.33 bits per heavy atom. The smallest absolute Gasteiger partial charge is 0.229 e. The molecule has 5 N–H and O–H groups in total. The van der Waals surface area contributed by atoms with Crippen molar-refractivity contribution in [1.82, 2.24) is 0 Å². The number of phenols is 2. The van der Waals surface area contributed by atoms with E-state index in [1.807, 2.05) is 0 Å². The van der Waals surface area contributed by atoms with Crippen LogP contribution in [0.1, 0.15) is 6.92 Å². The Labute approximate surface area is 170 Å². The molecule has 1 fully saturated rings. The second kappa shape index (κ2) is 7.62. The first kappa shape index (κ1) is 20.2. The lowest BCUT2D eigenvalue weighted by atomic mass is 10.00. The van der Waals surface area contributed by atoms with Gasteiger partial charge in [0.1, 0.15) is 35.0 Å². The van der Waals surface area contributed by atoms with Crippen molar-refractivity contribution in [3.8, 4) is 28.6 Å². The molecule has 1 aromatic heterocycles. The number of fused-ring (bicyclic) bond motifs is 1. The number of aromatic hydroxyl groups is 2. The van der Waals surface area contributed by atoms with Crippen LogP contribution in [-0.4, -0.2) is 56.2 Å². The minimum atomic E-state index is -1.63. The number of hydrogen-bond acceptors (Lipinski definition) is 9. The van der Waals surface area contributed by atoms with Crippen LogP contribution in [0, 0.1) is 0 Å². The van der Waals surface area contributed by atoms with Crippen LogP contribution in [0.15, 0.2) is 51.7 Å². The molecule has 0 spiro atoms. The van der Waals surface area contributed by atoms with Crippen LogP contribution in [0.4, 0.5) is 0 Å². The van der Waals surface area contributed by atoms with E-state index in [0.29, 0.717) is 5.56 Å². The van der Waals surface area contributed by atoms with Gasteiger partial charge in [0.15, 0.2) is 16.9 Å². The Morgan fingerprint density at radius 2 is 1.63 bits per heavy atom. The van der Waals surface area contributed by atoms with Gasteiger partial charge in [0.2, 0.25) is 12.0 Å². The maximum Gasteiger partial charge on any atom is 0.229 e. The summed E-state index contributed by atoms with van der Waals surface area (Å²) in [6, 6.07) is 11.2. The van der Waals surface area contributed by atoms with Crippen molar-refractivity contribution in [1.29, 1.82) is 0 Å². The molecular weight excluding hydrogens is 396 g/mol. The normalized spacial score (nSPS) is 26.6. The molecule has 0 radical (unpaired) electrons. The van der Waals surface area contributed by atoms with E-state index in [9.17, 15) is 30.3 Å². The van der Waals surface area contributed by atoms with Gasteiger partial charge in [0.05, 0.1) is 6.10 Å². The quantitative estimate of drug-likeness (QED) is 0.395. The van der Waals surface area contributed by atoms with Crippen LogP contribution < -0.4 is 10.2 Å². The number of phenolic OH excluding ortho intramolecular Hbond substituents is 2. The van der Waals surface area contributed by atoms with Gasteiger partial charge in [0.25, 0.3) is 0 Å². The van der Waals surface area contributed by atoms with Crippen LogP contribution >= 0.6 is 0 Å². The predicted octanol–water partition coefficient (Wildman–Crippen LogP) is 1.08. The Hall–Kier alpha value is -3.11. The van der Waals surface area contributed by atoms with Crippen molar-refractivity contribution >= 4 is 11.0 Å². The van der Waals surface area contributed by atoms with E-state index in [0.717, 1.165) is 0 Å². The summed E-state index contributed by atoms with van der Waals surface area (Å²) >= 11 is 0. The largest absolute Gasteiger partial charge is 0.504 e. The van der Waals surface area contributed by atoms with Crippen molar-refractivity contribution < 1.29 is 39.4 Å². The van der Waals surface area contributed by atoms with Crippen LogP contribution in [0.2, 0.25) is 0 Å². The van der Waals surface area contributed by atoms with Crippen molar-refractivity contribution in [2.24, 2.45) is 0 Å². The molecule has 4 rings (SSSR count). The summed E-state index contributed by atoms with van der Waals surface area (Å²) in [7, 11) is 0. The molecule has 2 heterocycles. The van der Waals surface area contributed by atoms with E-state index in [4.69, 9.17) is 13.9 Å². The molecule has 9 heteroatoms. The zero-order valence-corrected chi connectivity index (χ0v) is 15.8. The van der Waals surface area contributed by atoms with E-state index in [-0.39, 0.29) is 22.5 Å². The molecule has 3 aromatic rings. The monoisotopic (exact) mass is 416 g/mol. The van der Waals surface area contributed by atoms with Gasteiger partial charge < -0.3 is 39.4 Å². The zero-order valence-electron chi connectivity index (χ0n) is 15.8. The molecule has 158 valence electrons. The first-order valence-corrected chi connectivity index (χ1v) is 9.22. The molecule has 9 nitrogen and oxygen atoms in total. The van der Waals surface area contributed by atoms with E-state index in [1.54, 1.807) is 30.3 Å². The third kappa shape index (κ3) is 3.37. The van der Waals surface area contributed by atoms with Crippen LogP contribution in [-0.2, 0) is 4.74 Å². The van der Waals surface area contributed by atoms with Crippen molar-refractivity contribution in [3.63, 3.8) is 0 Å². The van der Waals surface area contributed by atoms with Crippen molar-refractivity contribution in [3.05, 3.63) is 52.7 Å². The highest BCUT2D eigenvalue weighted by Gasteiger charge is 2.43. The van der Waals surface area contributed by atoms with Gasteiger partial charge in [-0.15, -0.1) is 0 Å². The molecule has 2 aromatic carbocycles. The Balaban J connectivity index is 1.77. The number of rotatable bonds is 3. The molecule has 1 saturated heterocycles. The average molecular weight is 416 g/mol. The van der Waals surface area contributed by atoms with E-state index < -0.39 is 47.6 Å². The highest BCUT2D eigenvalue weighted by Crippen LogP contribution is 2.42. The van der Waals surface area contributed by atoms with E-state index in [1.165, 1.54) is 19.1 Å². The molecule has 0 saturated carbocycles. The molecule has 0 aliphatic carbocycles. The van der Waals surface area contributed by atoms with E-state index in [2.05, 4.69) is 0 Å². The van der Waals surface area contributed by atoms with Gasteiger partial charge in [-0.05, 0) is 6.92 Å². The summed E-state index contributed by atoms with van der Waals surface area (Å²) in [6.45, 7) is 1.47. The second-order valence-corrected chi connectivity index (χ2v) is 7.09. The molecule has 5 atom stereocenters. The minimum Gasteiger partial charge on any atom is -0.504 e. The van der Waals surface area contributed by atoms with Crippen molar-refractivity contribution in [2.45, 2.75) is 37.6 Å². The van der Waals surface area contributed by atoms with Gasteiger partial charge in [0, 0.05) is 17.7 Å². The van der Waals surface area contributed by atoms with Crippen LogP contribution in [0.5, 0.6) is 17.2 Å². The molecule has 2 unspecified atom stereocenters. The fourth-order valence-corrected chi connectivity index (χ4v) is 3.34. The Morgan fingerprint density at radius 1 is 0.933 bits per heavy atom. The van der Waals surface area contributed by atoms with Gasteiger partial charge in [-0.3, -0.25) is 4.79 Å². The van der Waals surface area contributed by atoms with Gasteiger partial charge in [-0.2, -0.15) is 0 Å². The maximum absolute atomic E-state index is 12.5. The van der Waals surface area contributed by atoms with Crippen molar-refractivity contribution in [2.75, 3.05) is 0 Å². The fourth-order valence-electron chi connectivity index (χ4n) is 3.34. The standard InChI is InChI=1S/C21H20O9/c1-9-16(23)19(26)20(27)21(28-9)30-14-8-13-15(18(25)17(14)24)11(22)7-12(29-13)10-5-3-2-4-6-10/h2-9,16,19-21,23-27H,1H3/t9?,16-,19-,20?,21-/m0/s1. The highest BCUT2D eigenvalue weighted by atomic mass is 16.7. The van der Waals surface area contributed by atoms with Crippen LogP contribution in [0.3, 0.4) is 0 Å². The minimum absolute atomic E-state index is 0.0643. The summed E-state index contributed by atoms with van der Waals surface area (Å²) in [4.78, 5) is 12.5. The topological polar surface area (TPSA) is 150 Å². The van der Waals surface area contributed by atoms with Gasteiger partial charge >= 0.3 is 0 Å². The predicted molar refractivity (Wildman–Crippen MR) is 104 cm³/mol. The maximum atomic E-state index is 12.5. The number of aliphatic hydroxyl groups is 3. The van der Waals surface area contributed by atoms with Crippen LogP contribution in [0.25, 0.3) is 22.3 Å². The Kier molecular flexibility index (Phi) is 5.12. The third-order valence-corrected chi connectivity index (χ3v) is 5.04. The summed E-state index contributed by atoms with van der Waals surface area (Å²) in [5, 5.41) is 50.2. The second-order valence-electron chi connectivity index (χ2n) is 7.09. The molecule has 1 aliphatic heterocycles. The highest BCUT2D eigenvalue weighted by molar-refractivity contribution is 5.89. The van der Waals surface area contributed by atoms with Gasteiger partial charge in [-0.1, -0.05) is 30.3 Å². The molecule has 0 bridgehead atoms. The van der Waals surface area contributed by atoms with E-state index >= 15 is 0 Å². The number of ether oxygens (including phenoxy) is 2. The number of hydrogen-bond donors (Lipinski definition) is 5. The summed E-state index contributed by atoms with van der Waals surface area (Å²) in [5.74, 6) is -1.61. The van der Waals surface area contributed by atoms with Gasteiger partial charge in [-0.25, -0.2) is 0 Å². The first-order valence-electron chi connectivity index (χ1n) is 9.22. The number of aliphatic hydroxyl groups excluding tert-OH is 3.